The topological polar surface area (TPSA) is 34.1 Å². The lowest BCUT2D eigenvalue weighted by Crippen LogP contribution is -2.64. The average molecular weight is 394 g/mol. The summed E-state index contributed by atoms with van der Waals surface area (Å²) >= 11 is 0. The first-order valence-corrected chi connectivity index (χ1v) is 4.80. The summed E-state index contributed by atoms with van der Waals surface area (Å²) in [5.74, 6) is -39.3. The van der Waals surface area contributed by atoms with Crippen LogP contribution in [0.15, 0.2) is 0 Å². The number of hydrogen-bond acceptors (Lipinski definition) is 2. The van der Waals surface area contributed by atoms with Gasteiger partial charge in [0.05, 0.1) is 0 Å². The van der Waals surface area contributed by atoms with Gasteiger partial charge < -0.3 is 0 Å². The monoisotopic (exact) mass is 394 g/mol. The van der Waals surface area contributed by atoms with Crippen LogP contribution in [0.25, 0.3) is 0 Å². The lowest BCUT2D eigenvalue weighted by molar-refractivity contribution is -0.349. The van der Waals surface area contributed by atoms with Gasteiger partial charge in [-0.2, -0.15) is 61.5 Å². The predicted molar refractivity (Wildman–Crippen MR) is 41.9 cm³/mol. The highest BCUT2D eigenvalue weighted by atomic mass is 19.4. The normalized spacial score (nSPS) is 15.4. The summed E-state index contributed by atoms with van der Waals surface area (Å²) in [6.45, 7) is 0. The summed E-state index contributed by atoms with van der Waals surface area (Å²) in [6, 6.07) is 0. The molecule has 0 saturated heterocycles. The summed E-state index contributed by atoms with van der Waals surface area (Å²) < 4.78 is 170. The molecular formula is C8F14O2. The Bertz CT molecular complexity index is 476. The molecule has 0 spiro atoms. The van der Waals surface area contributed by atoms with Crippen molar-refractivity contribution in [2.75, 3.05) is 0 Å². The van der Waals surface area contributed by atoms with Gasteiger partial charge >= 0.3 is 36.0 Å². The maximum absolute atomic E-state index is 12.7. The number of carbonyl (C=O) groups excluding carboxylic acids is 2. The third kappa shape index (κ3) is 3.01. The molecule has 0 atom stereocenters. The molecule has 0 amide bonds. The van der Waals surface area contributed by atoms with Crippen LogP contribution in [0.3, 0.4) is 0 Å². The second kappa shape index (κ2) is 5.44. The van der Waals surface area contributed by atoms with E-state index in [2.05, 4.69) is 0 Å². The second-order valence-corrected chi connectivity index (χ2v) is 3.95. The van der Waals surface area contributed by atoms with Gasteiger partial charge in [-0.3, -0.25) is 9.59 Å². The van der Waals surface area contributed by atoms with Gasteiger partial charge in [0.1, 0.15) is 0 Å². The lowest BCUT2D eigenvalue weighted by Gasteiger charge is -2.30. The fourth-order valence-corrected chi connectivity index (χ4v) is 0.926. The van der Waals surface area contributed by atoms with Crippen molar-refractivity contribution in [2.24, 2.45) is 0 Å². The predicted octanol–water partition coefficient (Wildman–Crippen LogP) is 3.79. The van der Waals surface area contributed by atoms with Crippen LogP contribution in [0.4, 0.5) is 61.5 Å². The van der Waals surface area contributed by atoms with Gasteiger partial charge in [-0.05, 0) is 0 Å². The Morgan fingerprint density at radius 2 is 0.583 bits per heavy atom. The molecular weight excluding hydrogens is 394 g/mol. The highest BCUT2D eigenvalue weighted by Crippen LogP contribution is 2.50. The molecule has 0 bridgehead atoms. The minimum absolute atomic E-state index is 4.78. The maximum Gasteiger partial charge on any atom is 0.460 e. The van der Waals surface area contributed by atoms with E-state index >= 15 is 0 Å². The highest BCUT2D eigenvalue weighted by molar-refractivity contribution is 6.42. The number of rotatable bonds is 5. The van der Waals surface area contributed by atoms with Crippen molar-refractivity contribution in [1.82, 2.24) is 0 Å². The van der Waals surface area contributed by atoms with E-state index in [4.69, 9.17) is 0 Å². The van der Waals surface area contributed by atoms with Crippen LogP contribution < -0.4 is 0 Å². The largest absolute Gasteiger partial charge is 0.460 e. The van der Waals surface area contributed by atoms with Gasteiger partial charge in [-0.15, -0.1) is 0 Å². The first kappa shape index (κ1) is 22.4. The van der Waals surface area contributed by atoms with E-state index in [0.29, 0.717) is 0 Å². The van der Waals surface area contributed by atoms with Gasteiger partial charge in [0.15, 0.2) is 0 Å². The van der Waals surface area contributed by atoms with Crippen molar-refractivity contribution in [3.8, 4) is 0 Å². The Morgan fingerprint density at radius 3 is 0.708 bits per heavy atom. The Kier molecular flexibility index (Phi) is 5.06. The quantitative estimate of drug-likeness (QED) is 0.526. The van der Waals surface area contributed by atoms with Crippen LogP contribution in [-0.4, -0.2) is 47.6 Å². The van der Waals surface area contributed by atoms with Gasteiger partial charge in [0.25, 0.3) is 11.6 Å². The molecule has 0 rings (SSSR count). The minimum atomic E-state index is -7.50. The molecule has 0 aliphatic rings. The van der Waals surface area contributed by atoms with E-state index in [1.165, 1.54) is 0 Å². The molecule has 0 aromatic heterocycles. The van der Waals surface area contributed by atoms with Crippen molar-refractivity contribution in [3.63, 3.8) is 0 Å². The number of ketones is 2. The smallest absolute Gasteiger partial charge is 0.283 e. The molecule has 0 aliphatic carbocycles. The summed E-state index contributed by atoms with van der Waals surface area (Å²) in [7, 11) is 0. The SMILES string of the molecule is O=C(C(=O)C(F)(F)C(F)(F)C(F)(F)F)C(F)(F)C(F)(F)C(F)(F)F. The standard InChI is InChI=1S/C8F14O2/c9-3(10,5(13,14)7(17,18)19)1(23)2(24)4(11,12)6(15,16)8(20,21)22. The van der Waals surface area contributed by atoms with Crippen LogP contribution in [0.1, 0.15) is 0 Å². The minimum Gasteiger partial charge on any atom is -0.283 e. The number of hydrogen-bond donors (Lipinski definition) is 0. The zero-order valence-corrected chi connectivity index (χ0v) is 10.1. The Balaban J connectivity index is 6.05. The zero-order valence-electron chi connectivity index (χ0n) is 10.1. The van der Waals surface area contributed by atoms with E-state index in [0.717, 1.165) is 0 Å². The second-order valence-electron chi connectivity index (χ2n) is 3.95. The Labute approximate surface area is 120 Å². The molecule has 24 heavy (non-hydrogen) atoms. The van der Waals surface area contributed by atoms with Crippen LogP contribution in [0.2, 0.25) is 0 Å². The first-order valence-electron chi connectivity index (χ1n) is 4.80. The first-order chi connectivity index (χ1) is 10.1. The lowest BCUT2D eigenvalue weighted by atomic mass is 9.96. The number of Topliss-reactive ketones (excluding diaryl/α,β-unsaturated/α-hetero) is 2. The molecule has 0 heterocycles. The Morgan fingerprint density at radius 1 is 0.417 bits per heavy atom. The molecule has 0 aromatic rings. The average Bonchev–Trinajstić information content (AvgIpc) is 2.33. The summed E-state index contributed by atoms with van der Waals surface area (Å²) in [5, 5.41) is 0. The third-order valence-corrected chi connectivity index (χ3v) is 2.28. The molecule has 0 unspecified atom stereocenters. The molecule has 0 aromatic carbocycles. The zero-order chi connectivity index (χ0) is 20.2. The molecule has 2 nitrogen and oxygen atoms in total. The van der Waals surface area contributed by atoms with Gasteiger partial charge in [0.2, 0.25) is 0 Å². The van der Waals surface area contributed by atoms with E-state index < -0.39 is 47.6 Å². The van der Waals surface area contributed by atoms with E-state index in [-0.39, 0.29) is 0 Å². The molecule has 0 saturated carbocycles. The molecule has 142 valence electrons. The van der Waals surface area contributed by atoms with Crippen molar-refractivity contribution in [1.29, 1.82) is 0 Å². The number of carbonyl (C=O) groups is 2. The van der Waals surface area contributed by atoms with Crippen LogP contribution in [0.5, 0.6) is 0 Å². The third-order valence-electron chi connectivity index (χ3n) is 2.28. The molecule has 16 heteroatoms. The van der Waals surface area contributed by atoms with Crippen LogP contribution >= 0.6 is 0 Å². The van der Waals surface area contributed by atoms with Crippen molar-refractivity contribution in [2.45, 2.75) is 36.0 Å². The number of alkyl halides is 14. The van der Waals surface area contributed by atoms with Crippen molar-refractivity contribution in [3.05, 3.63) is 0 Å². The summed E-state index contributed by atoms with van der Waals surface area (Å²) in [4.78, 5) is 20.8. The summed E-state index contributed by atoms with van der Waals surface area (Å²) in [5.41, 5.74) is 0. The van der Waals surface area contributed by atoms with Gasteiger partial charge in [-0.1, -0.05) is 0 Å². The molecule has 0 aliphatic heterocycles. The van der Waals surface area contributed by atoms with Gasteiger partial charge in [-0.25, -0.2) is 0 Å². The van der Waals surface area contributed by atoms with Crippen LogP contribution in [-0.2, 0) is 9.59 Å². The number of halogens is 14. The highest BCUT2D eigenvalue weighted by Gasteiger charge is 2.82. The molecule has 0 N–H and O–H groups in total. The fourth-order valence-electron chi connectivity index (χ4n) is 0.926. The van der Waals surface area contributed by atoms with E-state index in [1.807, 2.05) is 0 Å². The molecule has 0 radical (unpaired) electrons. The van der Waals surface area contributed by atoms with Crippen molar-refractivity contribution < 1.29 is 71.1 Å². The summed E-state index contributed by atoms with van der Waals surface area (Å²) in [6.07, 6.45) is -14.7. The van der Waals surface area contributed by atoms with E-state index in [9.17, 15) is 71.1 Å². The van der Waals surface area contributed by atoms with Crippen LogP contribution in [0, 0.1) is 0 Å². The van der Waals surface area contributed by atoms with Gasteiger partial charge in [0, 0.05) is 0 Å². The maximum atomic E-state index is 12.7. The fraction of sp³-hybridized carbons (Fsp3) is 0.750. The Hall–Kier alpha value is -1.64. The van der Waals surface area contributed by atoms with Crippen molar-refractivity contribution >= 4 is 11.6 Å². The van der Waals surface area contributed by atoms with E-state index in [1.54, 1.807) is 0 Å². The molecule has 0 fully saturated rings.